The van der Waals surface area contributed by atoms with E-state index in [-0.39, 0.29) is 5.97 Å². The fourth-order valence-corrected chi connectivity index (χ4v) is 5.13. The number of carbonyl (C=O) groups excluding carboxylic acids is 1. The first-order chi connectivity index (χ1) is 17.9. The van der Waals surface area contributed by atoms with Crippen LogP contribution >= 0.6 is 0 Å². The van der Waals surface area contributed by atoms with Gasteiger partial charge >= 0.3 is 5.97 Å². The Balaban J connectivity index is 1.36. The van der Waals surface area contributed by atoms with E-state index in [9.17, 15) is 4.79 Å². The molecule has 0 heterocycles. The minimum atomic E-state index is -0.815. The highest BCUT2D eigenvalue weighted by molar-refractivity contribution is 5.83. The minimum absolute atomic E-state index is 0.260. The maximum atomic E-state index is 12.7. The summed E-state index contributed by atoms with van der Waals surface area (Å²) in [5, 5.41) is 0. The number of nitrogens with two attached hydrogens (primary N) is 2. The number of aryl methyl sites for hydroxylation is 1. The second-order valence-electron chi connectivity index (χ2n) is 12.4. The van der Waals surface area contributed by atoms with Gasteiger partial charge in [-0.05, 0) is 120 Å². The number of ether oxygens (including phenoxy) is 2. The number of unbranched alkanes of at least 4 members (excludes halogenated alkanes) is 3. The third-order valence-electron chi connectivity index (χ3n) is 7.78. The molecule has 0 aromatic heterocycles. The van der Waals surface area contributed by atoms with Crippen molar-refractivity contribution in [1.82, 2.24) is 0 Å². The van der Waals surface area contributed by atoms with E-state index in [0.717, 1.165) is 50.7 Å². The highest BCUT2D eigenvalue weighted by Crippen LogP contribution is 2.36. The van der Waals surface area contributed by atoms with Crippen molar-refractivity contribution < 1.29 is 14.3 Å². The molecule has 5 heteroatoms. The normalized spacial score (nSPS) is 15.6. The summed E-state index contributed by atoms with van der Waals surface area (Å²) < 4.78 is 11.6. The van der Waals surface area contributed by atoms with Crippen LogP contribution in [0, 0.1) is 5.41 Å². The molecule has 2 aromatic carbocycles. The molecule has 0 saturated carbocycles. The Hall–Kier alpha value is -2.63. The molecule has 4 N–H and O–H groups in total. The lowest BCUT2D eigenvalue weighted by molar-refractivity contribution is -0.158. The zero-order valence-electron chi connectivity index (χ0n) is 24.1. The molecule has 0 fully saturated rings. The predicted molar refractivity (Wildman–Crippen MR) is 158 cm³/mol. The van der Waals surface area contributed by atoms with E-state index in [4.69, 9.17) is 20.9 Å². The number of rotatable bonds is 13. The number of hydrogen-bond donors (Lipinski definition) is 2. The quantitative estimate of drug-likeness (QED) is 0.221. The van der Waals surface area contributed by atoms with Crippen LogP contribution in [0.4, 0.5) is 0 Å². The summed E-state index contributed by atoms with van der Waals surface area (Å²) in [5.74, 6) is 0.686. The summed E-state index contributed by atoms with van der Waals surface area (Å²) in [5.41, 5.74) is 16.0. The van der Waals surface area contributed by atoms with E-state index < -0.39 is 16.5 Å². The van der Waals surface area contributed by atoms with Crippen LogP contribution in [0.3, 0.4) is 0 Å². The lowest BCUT2D eigenvalue weighted by atomic mass is 9.68. The van der Waals surface area contributed by atoms with E-state index in [2.05, 4.69) is 54.6 Å². The van der Waals surface area contributed by atoms with Crippen LogP contribution in [0.2, 0.25) is 0 Å². The molecule has 208 valence electrons. The van der Waals surface area contributed by atoms with E-state index in [1.165, 1.54) is 22.3 Å². The molecule has 5 nitrogen and oxygen atoms in total. The molecular weight excluding hydrogens is 472 g/mol. The molecule has 0 aliphatic heterocycles. The Labute approximate surface area is 230 Å². The number of fused-ring (bicyclic) bond motifs is 1. The van der Waals surface area contributed by atoms with Crippen molar-refractivity contribution in [3.05, 3.63) is 65.2 Å². The van der Waals surface area contributed by atoms with E-state index >= 15 is 0 Å². The van der Waals surface area contributed by atoms with Gasteiger partial charge in [-0.15, -0.1) is 0 Å². The van der Waals surface area contributed by atoms with Gasteiger partial charge < -0.3 is 20.9 Å². The van der Waals surface area contributed by atoms with Crippen LogP contribution in [-0.4, -0.2) is 30.3 Å². The Morgan fingerprint density at radius 3 is 2.24 bits per heavy atom. The van der Waals surface area contributed by atoms with E-state index in [0.29, 0.717) is 19.6 Å². The maximum absolute atomic E-state index is 12.7. The van der Waals surface area contributed by atoms with Crippen molar-refractivity contribution in [3.8, 4) is 5.75 Å². The van der Waals surface area contributed by atoms with Gasteiger partial charge in [-0.25, -0.2) is 0 Å². The molecule has 0 amide bonds. The fraction of sp³-hybridized carbons (Fsp3) is 0.545. The Bertz CT molecular complexity index is 1080. The largest absolute Gasteiger partial charge is 0.494 e. The molecule has 0 spiro atoms. The molecule has 1 aliphatic carbocycles. The summed E-state index contributed by atoms with van der Waals surface area (Å²) in [4.78, 5) is 12.7. The standard InChI is InChI=1S/C33H48N2O3/c1-31(2,34)24-33(5,35)32(3,4)30(36)38-21-12-7-6-11-20-37-29-19-18-28-22-26(16-13-17-27(28)23-29)25-14-9-8-10-15-25/h8-10,14-15,18-19,22-23H,6-7,11-13,16-17,20-21,24,34-35H2,1-5H3. The summed E-state index contributed by atoms with van der Waals surface area (Å²) >= 11 is 0. The van der Waals surface area contributed by atoms with E-state index in [1.54, 1.807) is 0 Å². The topological polar surface area (TPSA) is 87.6 Å². The van der Waals surface area contributed by atoms with Crippen molar-refractivity contribution >= 4 is 17.6 Å². The average molecular weight is 521 g/mol. The van der Waals surface area contributed by atoms with Crippen molar-refractivity contribution in [2.75, 3.05) is 13.2 Å². The second-order valence-corrected chi connectivity index (χ2v) is 12.4. The lowest BCUT2D eigenvalue weighted by Gasteiger charge is -2.42. The number of allylic oxidation sites excluding steroid dienone is 1. The van der Waals surface area contributed by atoms with Gasteiger partial charge in [0.1, 0.15) is 5.75 Å². The van der Waals surface area contributed by atoms with Crippen molar-refractivity contribution in [2.24, 2.45) is 16.9 Å². The molecule has 3 rings (SSSR count). The monoisotopic (exact) mass is 520 g/mol. The zero-order chi connectivity index (χ0) is 27.8. The fourth-order valence-electron chi connectivity index (χ4n) is 5.13. The summed E-state index contributed by atoms with van der Waals surface area (Å²) in [7, 11) is 0. The molecule has 0 radical (unpaired) electrons. The molecule has 38 heavy (non-hydrogen) atoms. The first-order valence-electron chi connectivity index (χ1n) is 14.2. The number of carbonyl (C=O) groups is 1. The van der Waals surface area contributed by atoms with Crippen molar-refractivity contribution in [2.45, 2.75) is 97.1 Å². The van der Waals surface area contributed by atoms with Crippen molar-refractivity contribution in [3.63, 3.8) is 0 Å². The smallest absolute Gasteiger partial charge is 0.313 e. The number of benzene rings is 2. The molecular formula is C33H48N2O3. The highest BCUT2D eigenvalue weighted by atomic mass is 16.5. The van der Waals surface area contributed by atoms with Crippen LogP contribution in [0.25, 0.3) is 11.6 Å². The van der Waals surface area contributed by atoms with Crippen LogP contribution in [-0.2, 0) is 16.0 Å². The SMILES string of the molecule is CC(C)(N)CC(C)(N)C(C)(C)C(=O)OCCCCCCOc1ccc2c(c1)CCCC(c1ccccc1)=C2. The minimum Gasteiger partial charge on any atom is -0.494 e. The van der Waals surface area contributed by atoms with Gasteiger partial charge in [0.2, 0.25) is 0 Å². The van der Waals surface area contributed by atoms with Crippen molar-refractivity contribution in [1.29, 1.82) is 0 Å². The third-order valence-corrected chi connectivity index (χ3v) is 7.78. The van der Waals surface area contributed by atoms with Gasteiger partial charge in [-0.1, -0.05) is 42.5 Å². The van der Waals surface area contributed by atoms with Gasteiger partial charge in [0.15, 0.2) is 0 Å². The molecule has 0 bridgehead atoms. The van der Waals surface area contributed by atoms with Gasteiger partial charge in [0.25, 0.3) is 0 Å². The Kier molecular flexibility index (Phi) is 10.2. The third kappa shape index (κ3) is 8.44. The summed E-state index contributed by atoms with van der Waals surface area (Å²) in [6, 6.07) is 17.1. The molecule has 1 atom stereocenters. The molecule has 2 aromatic rings. The van der Waals surface area contributed by atoms with Crippen LogP contribution in [0.5, 0.6) is 5.75 Å². The first kappa shape index (κ1) is 29.9. The maximum Gasteiger partial charge on any atom is 0.313 e. The Morgan fingerprint density at radius 2 is 1.55 bits per heavy atom. The first-order valence-corrected chi connectivity index (χ1v) is 14.2. The summed E-state index contributed by atoms with van der Waals surface area (Å²) in [6.45, 7) is 10.5. The second kappa shape index (κ2) is 12.9. The predicted octanol–water partition coefficient (Wildman–Crippen LogP) is 6.92. The zero-order valence-corrected chi connectivity index (χ0v) is 24.1. The summed E-state index contributed by atoms with van der Waals surface area (Å²) in [6.07, 6.45) is 10.0. The van der Waals surface area contributed by atoms with Crippen LogP contribution in [0.1, 0.15) is 96.3 Å². The van der Waals surface area contributed by atoms with Gasteiger partial charge in [0, 0.05) is 11.1 Å². The Morgan fingerprint density at radius 1 is 0.868 bits per heavy atom. The lowest BCUT2D eigenvalue weighted by Crippen LogP contribution is -2.59. The van der Waals surface area contributed by atoms with Gasteiger partial charge in [0.05, 0.1) is 18.6 Å². The number of hydrogen-bond acceptors (Lipinski definition) is 5. The highest BCUT2D eigenvalue weighted by Gasteiger charge is 2.46. The molecule has 1 aliphatic rings. The van der Waals surface area contributed by atoms with Crippen LogP contribution < -0.4 is 16.2 Å². The van der Waals surface area contributed by atoms with E-state index in [1.807, 2.05) is 34.6 Å². The van der Waals surface area contributed by atoms with Gasteiger partial charge in [-0.3, -0.25) is 4.79 Å². The van der Waals surface area contributed by atoms with Crippen LogP contribution in [0.15, 0.2) is 48.5 Å². The average Bonchev–Trinajstić information content (AvgIpc) is 3.06. The molecule has 0 saturated heterocycles. The molecule has 1 unspecified atom stereocenters. The number of esters is 1. The van der Waals surface area contributed by atoms with Gasteiger partial charge in [-0.2, -0.15) is 0 Å².